The zero-order valence-electron chi connectivity index (χ0n) is 10.8. The van der Waals surface area contributed by atoms with Crippen LogP contribution in [0.4, 0.5) is 0 Å². The molecule has 1 aromatic rings. The van der Waals surface area contributed by atoms with Crippen LogP contribution in [-0.4, -0.2) is 24.9 Å². The summed E-state index contributed by atoms with van der Waals surface area (Å²) < 4.78 is 4.49. The number of esters is 1. The zero-order valence-corrected chi connectivity index (χ0v) is 10.8. The number of benzene rings is 1. The first-order valence-electron chi connectivity index (χ1n) is 5.97. The van der Waals surface area contributed by atoms with Crippen molar-refractivity contribution in [2.75, 3.05) is 7.11 Å². The second-order valence-electron chi connectivity index (χ2n) is 4.38. The van der Waals surface area contributed by atoms with Crippen LogP contribution in [0, 0.1) is 0 Å². The maximum Gasteiger partial charge on any atom is 0.305 e. The normalized spacial score (nSPS) is 11.9. The molecule has 0 bridgehead atoms. The number of ether oxygens (including phenoxy) is 1. The number of Topliss-reactive ketones (excluding diaryl/α,β-unsaturated/α-hetero) is 1. The van der Waals surface area contributed by atoms with Gasteiger partial charge in [0.25, 0.3) is 0 Å². The van der Waals surface area contributed by atoms with Crippen LogP contribution in [0.5, 0.6) is 0 Å². The van der Waals surface area contributed by atoms with E-state index >= 15 is 0 Å². The standard InChI is InChI=1S/C14H19NO3/c1-10(15)9-11-3-5-12(6-4-11)13(16)7-8-14(17)18-2/h3-6,10H,7-9,15H2,1-2H3/t10-/m1/s1. The fourth-order valence-corrected chi connectivity index (χ4v) is 1.66. The van der Waals surface area contributed by atoms with E-state index in [0.717, 1.165) is 12.0 Å². The zero-order chi connectivity index (χ0) is 13.5. The van der Waals surface area contributed by atoms with Gasteiger partial charge in [0.15, 0.2) is 5.78 Å². The van der Waals surface area contributed by atoms with Gasteiger partial charge in [-0.25, -0.2) is 0 Å². The van der Waals surface area contributed by atoms with E-state index in [0.29, 0.717) is 5.56 Å². The highest BCUT2D eigenvalue weighted by atomic mass is 16.5. The molecule has 0 heterocycles. The van der Waals surface area contributed by atoms with E-state index in [4.69, 9.17) is 5.73 Å². The molecule has 4 nitrogen and oxygen atoms in total. The maximum absolute atomic E-state index is 11.8. The van der Waals surface area contributed by atoms with Crippen molar-refractivity contribution in [2.45, 2.75) is 32.2 Å². The molecule has 0 aliphatic carbocycles. The van der Waals surface area contributed by atoms with E-state index in [1.54, 1.807) is 12.1 Å². The van der Waals surface area contributed by atoms with Crippen molar-refractivity contribution >= 4 is 11.8 Å². The van der Waals surface area contributed by atoms with Gasteiger partial charge in [-0.05, 0) is 18.9 Å². The van der Waals surface area contributed by atoms with Crippen molar-refractivity contribution < 1.29 is 14.3 Å². The van der Waals surface area contributed by atoms with Crippen molar-refractivity contribution in [3.63, 3.8) is 0 Å². The fraction of sp³-hybridized carbons (Fsp3) is 0.429. The minimum atomic E-state index is -0.364. The Morgan fingerprint density at radius 3 is 2.33 bits per heavy atom. The molecule has 0 radical (unpaired) electrons. The highest BCUT2D eigenvalue weighted by Gasteiger charge is 2.09. The Hall–Kier alpha value is -1.68. The van der Waals surface area contributed by atoms with Gasteiger partial charge in [0.2, 0.25) is 0 Å². The number of carbonyl (C=O) groups excluding carboxylic acids is 2. The summed E-state index contributed by atoms with van der Waals surface area (Å²) in [6.45, 7) is 1.94. The van der Waals surface area contributed by atoms with Crippen molar-refractivity contribution in [1.29, 1.82) is 0 Å². The Morgan fingerprint density at radius 1 is 1.22 bits per heavy atom. The smallest absolute Gasteiger partial charge is 0.305 e. The molecule has 0 aromatic heterocycles. The van der Waals surface area contributed by atoms with Crippen molar-refractivity contribution in [1.82, 2.24) is 0 Å². The van der Waals surface area contributed by atoms with Gasteiger partial charge in [-0.1, -0.05) is 24.3 Å². The topological polar surface area (TPSA) is 69.4 Å². The van der Waals surface area contributed by atoms with Gasteiger partial charge in [0.05, 0.1) is 13.5 Å². The molecule has 1 aromatic carbocycles. The number of carbonyl (C=O) groups is 2. The molecule has 0 aliphatic heterocycles. The van der Waals surface area contributed by atoms with Crippen molar-refractivity contribution in [3.8, 4) is 0 Å². The summed E-state index contributed by atoms with van der Waals surface area (Å²) in [5, 5.41) is 0. The van der Waals surface area contributed by atoms with Gasteiger partial charge in [0.1, 0.15) is 0 Å². The Balaban J connectivity index is 2.56. The van der Waals surface area contributed by atoms with Crippen LogP contribution in [0.2, 0.25) is 0 Å². The predicted molar refractivity (Wildman–Crippen MR) is 69.4 cm³/mol. The van der Waals surface area contributed by atoms with Crippen LogP contribution < -0.4 is 5.73 Å². The predicted octanol–water partition coefficient (Wildman–Crippen LogP) is 1.71. The molecule has 18 heavy (non-hydrogen) atoms. The van der Waals surface area contributed by atoms with Gasteiger partial charge < -0.3 is 10.5 Å². The van der Waals surface area contributed by atoms with Crippen LogP contribution in [-0.2, 0) is 16.0 Å². The van der Waals surface area contributed by atoms with Crippen LogP contribution in [0.15, 0.2) is 24.3 Å². The van der Waals surface area contributed by atoms with Crippen molar-refractivity contribution in [2.24, 2.45) is 5.73 Å². The first kappa shape index (κ1) is 14.4. The lowest BCUT2D eigenvalue weighted by Crippen LogP contribution is -2.17. The second kappa shape index (κ2) is 6.91. The van der Waals surface area contributed by atoms with Crippen molar-refractivity contribution in [3.05, 3.63) is 35.4 Å². The quantitative estimate of drug-likeness (QED) is 0.615. The van der Waals surface area contributed by atoms with Gasteiger partial charge in [-0.2, -0.15) is 0 Å². The van der Waals surface area contributed by atoms with Crippen LogP contribution >= 0.6 is 0 Å². The maximum atomic E-state index is 11.8. The van der Waals surface area contributed by atoms with Gasteiger partial charge in [-0.15, -0.1) is 0 Å². The van der Waals surface area contributed by atoms with E-state index in [2.05, 4.69) is 4.74 Å². The fourth-order valence-electron chi connectivity index (χ4n) is 1.66. The third-order valence-electron chi connectivity index (χ3n) is 2.62. The Kier molecular flexibility index (Phi) is 5.52. The van der Waals surface area contributed by atoms with Gasteiger partial charge >= 0.3 is 5.97 Å². The number of nitrogens with two attached hydrogens (primary N) is 1. The average molecular weight is 249 g/mol. The van der Waals surface area contributed by atoms with E-state index in [9.17, 15) is 9.59 Å². The largest absolute Gasteiger partial charge is 0.469 e. The summed E-state index contributed by atoms with van der Waals surface area (Å²) in [6, 6.07) is 7.45. The summed E-state index contributed by atoms with van der Waals surface area (Å²) in [5.41, 5.74) is 7.42. The monoisotopic (exact) mass is 249 g/mol. The summed E-state index contributed by atoms with van der Waals surface area (Å²) >= 11 is 0. The SMILES string of the molecule is COC(=O)CCC(=O)c1ccc(C[C@@H](C)N)cc1. The lowest BCUT2D eigenvalue weighted by Gasteiger charge is -2.06. The molecule has 4 heteroatoms. The number of ketones is 1. The van der Waals surface area contributed by atoms with Gasteiger partial charge in [-0.3, -0.25) is 9.59 Å². The molecule has 98 valence electrons. The van der Waals surface area contributed by atoms with Crippen LogP contribution in [0.3, 0.4) is 0 Å². The molecule has 0 spiro atoms. The molecular weight excluding hydrogens is 230 g/mol. The summed E-state index contributed by atoms with van der Waals surface area (Å²) in [5.74, 6) is -0.412. The molecule has 1 rings (SSSR count). The molecule has 0 saturated heterocycles. The molecule has 1 atom stereocenters. The number of hydrogen-bond acceptors (Lipinski definition) is 4. The van der Waals surface area contributed by atoms with Crippen LogP contribution in [0.1, 0.15) is 35.7 Å². The third-order valence-corrected chi connectivity index (χ3v) is 2.62. The molecule has 0 aliphatic rings. The molecule has 0 unspecified atom stereocenters. The summed E-state index contributed by atoms with van der Waals surface area (Å²) in [6.07, 6.45) is 1.09. The number of hydrogen-bond donors (Lipinski definition) is 1. The molecule has 0 saturated carbocycles. The summed E-state index contributed by atoms with van der Waals surface area (Å²) in [4.78, 5) is 22.7. The third kappa shape index (κ3) is 4.67. The molecular formula is C14H19NO3. The Labute approximate surface area is 107 Å². The first-order chi connectivity index (χ1) is 8.52. The number of rotatable bonds is 6. The lowest BCUT2D eigenvalue weighted by molar-refractivity contribution is -0.140. The highest BCUT2D eigenvalue weighted by Crippen LogP contribution is 2.10. The van der Waals surface area contributed by atoms with E-state index in [-0.39, 0.29) is 30.6 Å². The summed E-state index contributed by atoms with van der Waals surface area (Å²) in [7, 11) is 1.32. The minimum Gasteiger partial charge on any atom is -0.469 e. The first-order valence-corrected chi connectivity index (χ1v) is 5.97. The lowest BCUT2D eigenvalue weighted by atomic mass is 10.0. The minimum absolute atomic E-state index is 0.0484. The van der Waals surface area contributed by atoms with Crippen LogP contribution in [0.25, 0.3) is 0 Å². The Morgan fingerprint density at radius 2 is 1.83 bits per heavy atom. The average Bonchev–Trinajstić information content (AvgIpc) is 2.35. The van der Waals surface area contributed by atoms with E-state index in [1.807, 2.05) is 19.1 Å². The van der Waals surface area contributed by atoms with Gasteiger partial charge in [0, 0.05) is 18.0 Å². The second-order valence-corrected chi connectivity index (χ2v) is 4.38. The number of methoxy groups -OCH3 is 1. The Bertz CT molecular complexity index is 410. The van der Waals surface area contributed by atoms with E-state index in [1.165, 1.54) is 7.11 Å². The molecule has 0 fully saturated rings. The molecule has 2 N–H and O–H groups in total. The van der Waals surface area contributed by atoms with E-state index < -0.39 is 0 Å². The highest BCUT2D eigenvalue weighted by molar-refractivity contribution is 5.97. The molecule has 0 amide bonds.